The summed E-state index contributed by atoms with van der Waals surface area (Å²) >= 11 is 5.97. The maximum Gasteiger partial charge on any atom is 0.337 e. The second kappa shape index (κ2) is 4.40. The van der Waals surface area contributed by atoms with Gasteiger partial charge in [-0.1, -0.05) is 23.7 Å². The molecule has 4 nitrogen and oxygen atoms in total. The highest BCUT2D eigenvalue weighted by Crippen LogP contribution is 2.23. The van der Waals surface area contributed by atoms with Crippen molar-refractivity contribution in [1.82, 2.24) is 9.55 Å². The molecule has 0 saturated carbocycles. The molecule has 5 heteroatoms. The van der Waals surface area contributed by atoms with Crippen molar-refractivity contribution in [2.45, 2.75) is 0 Å². The molecule has 0 aliphatic carbocycles. The molecule has 0 spiro atoms. The molecule has 0 fully saturated rings. The minimum absolute atomic E-state index is 0.218. The highest BCUT2D eigenvalue weighted by atomic mass is 35.5. The number of nitrogens with zero attached hydrogens (tertiary/aromatic N) is 2. The Morgan fingerprint density at radius 3 is 2.74 bits per heavy atom. The summed E-state index contributed by atoms with van der Waals surface area (Å²) in [5.41, 5.74) is 2.20. The van der Waals surface area contributed by atoms with Gasteiger partial charge in [0.25, 0.3) is 0 Å². The molecular weight excluding hydrogens is 264 g/mol. The van der Waals surface area contributed by atoms with Crippen molar-refractivity contribution in [3.8, 4) is 5.69 Å². The minimum Gasteiger partial charge on any atom is -0.478 e. The summed E-state index contributed by atoms with van der Waals surface area (Å²) in [6.07, 6.45) is 1.60. The van der Waals surface area contributed by atoms with Crippen molar-refractivity contribution in [3.63, 3.8) is 0 Å². The van der Waals surface area contributed by atoms with Gasteiger partial charge in [-0.2, -0.15) is 0 Å². The Kier molecular flexibility index (Phi) is 2.72. The van der Waals surface area contributed by atoms with Crippen molar-refractivity contribution < 1.29 is 9.90 Å². The average Bonchev–Trinajstić information content (AvgIpc) is 2.82. The van der Waals surface area contributed by atoms with Gasteiger partial charge in [0.2, 0.25) is 0 Å². The van der Waals surface area contributed by atoms with Crippen LogP contribution in [0.1, 0.15) is 10.4 Å². The Labute approximate surface area is 113 Å². The van der Waals surface area contributed by atoms with Crippen LogP contribution in [0.15, 0.2) is 48.8 Å². The molecule has 3 aromatic rings. The number of para-hydroxylation sites is 1. The normalized spacial score (nSPS) is 10.8. The zero-order valence-corrected chi connectivity index (χ0v) is 10.5. The molecule has 1 aromatic heterocycles. The second-order valence-corrected chi connectivity index (χ2v) is 4.51. The Hall–Kier alpha value is -2.33. The van der Waals surface area contributed by atoms with E-state index in [4.69, 9.17) is 11.6 Å². The smallest absolute Gasteiger partial charge is 0.337 e. The molecule has 1 N–H and O–H groups in total. The predicted molar refractivity (Wildman–Crippen MR) is 73.0 cm³/mol. The lowest BCUT2D eigenvalue weighted by Gasteiger charge is -2.06. The van der Waals surface area contributed by atoms with Crippen LogP contribution in [-0.2, 0) is 0 Å². The second-order valence-electron chi connectivity index (χ2n) is 4.07. The quantitative estimate of drug-likeness (QED) is 0.778. The van der Waals surface area contributed by atoms with Gasteiger partial charge in [-0.25, -0.2) is 9.78 Å². The van der Waals surface area contributed by atoms with Gasteiger partial charge >= 0.3 is 5.97 Å². The number of aromatic nitrogens is 2. The van der Waals surface area contributed by atoms with Gasteiger partial charge in [0.15, 0.2) is 0 Å². The Balaban J connectivity index is 2.33. The first-order valence-corrected chi connectivity index (χ1v) is 6.00. The fraction of sp³-hybridized carbons (Fsp3) is 0. The van der Waals surface area contributed by atoms with E-state index >= 15 is 0 Å². The molecule has 0 aliphatic rings. The van der Waals surface area contributed by atoms with Crippen LogP contribution in [0.2, 0.25) is 5.02 Å². The highest BCUT2D eigenvalue weighted by Gasteiger charge is 2.14. The zero-order chi connectivity index (χ0) is 13.4. The number of carboxylic acid groups (broad SMARTS) is 1. The van der Waals surface area contributed by atoms with Gasteiger partial charge < -0.3 is 5.11 Å². The van der Waals surface area contributed by atoms with Gasteiger partial charge in [0, 0.05) is 10.7 Å². The number of carbonyl (C=O) groups is 1. The number of halogens is 1. The fourth-order valence-electron chi connectivity index (χ4n) is 2.06. The van der Waals surface area contributed by atoms with Crippen LogP contribution < -0.4 is 0 Å². The lowest BCUT2D eigenvalue weighted by atomic mass is 10.2. The van der Waals surface area contributed by atoms with E-state index in [1.54, 1.807) is 41.2 Å². The molecule has 0 amide bonds. The summed E-state index contributed by atoms with van der Waals surface area (Å²) in [7, 11) is 0. The van der Waals surface area contributed by atoms with Crippen molar-refractivity contribution in [2.75, 3.05) is 0 Å². The van der Waals surface area contributed by atoms with Crippen LogP contribution >= 0.6 is 11.6 Å². The summed E-state index contributed by atoms with van der Waals surface area (Å²) in [6, 6.07) is 12.2. The maximum absolute atomic E-state index is 11.3. The number of fused-ring (bicyclic) bond motifs is 1. The van der Waals surface area contributed by atoms with Crippen molar-refractivity contribution >= 4 is 28.6 Å². The molecule has 94 valence electrons. The van der Waals surface area contributed by atoms with Crippen LogP contribution in [-0.4, -0.2) is 20.6 Å². The van der Waals surface area contributed by atoms with E-state index in [0.29, 0.717) is 16.1 Å². The molecule has 1 heterocycles. The Morgan fingerprint density at radius 1 is 1.21 bits per heavy atom. The zero-order valence-electron chi connectivity index (χ0n) is 9.75. The fourth-order valence-corrected chi connectivity index (χ4v) is 2.25. The van der Waals surface area contributed by atoms with E-state index in [9.17, 15) is 9.90 Å². The van der Waals surface area contributed by atoms with E-state index in [0.717, 1.165) is 5.69 Å². The number of hydrogen-bond donors (Lipinski definition) is 1. The summed E-state index contributed by atoms with van der Waals surface area (Å²) in [6.45, 7) is 0. The van der Waals surface area contributed by atoms with Gasteiger partial charge in [-0.15, -0.1) is 0 Å². The summed E-state index contributed by atoms with van der Waals surface area (Å²) in [5, 5.41) is 9.85. The summed E-state index contributed by atoms with van der Waals surface area (Å²) in [4.78, 5) is 15.5. The predicted octanol–water partition coefficient (Wildman–Crippen LogP) is 3.38. The third-order valence-corrected chi connectivity index (χ3v) is 3.12. The lowest BCUT2D eigenvalue weighted by molar-refractivity contribution is 0.0698. The van der Waals surface area contributed by atoms with Gasteiger partial charge in [-0.3, -0.25) is 4.57 Å². The largest absolute Gasteiger partial charge is 0.478 e. The summed E-state index contributed by atoms with van der Waals surface area (Å²) < 4.78 is 1.73. The monoisotopic (exact) mass is 272 g/mol. The molecule has 0 saturated heterocycles. The molecule has 19 heavy (non-hydrogen) atoms. The Bertz CT molecular complexity index is 780. The molecule has 0 aliphatic heterocycles. The van der Waals surface area contributed by atoms with Gasteiger partial charge in [-0.05, 0) is 30.3 Å². The molecule has 0 atom stereocenters. The van der Waals surface area contributed by atoms with Crippen molar-refractivity contribution in [1.29, 1.82) is 0 Å². The molecule has 3 rings (SSSR count). The van der Waals surface area contributed by atoms with E-state index in [-0.39, 0.29) is 5.56 Å². The maximum atomic E-state index is 11.3. The lowest BCUT2D eigenvalue weighted by Crippen LogP contribution is -2.01. The topological polar surface area (TPSA) is 55.1 Å². The van der Waals surface area contributed by atoms with Gasteiger partial charge in [0.05, 0.1) is 16.6 Å². The number of rotatable bonds is 2. The van der Waals surface area contributed by atoms with Crippen LogP contribution in [0.4, 0.5) is 0 Å². The molecule has 0 radical (unpaired) electrons. The third-order valence-electron chi connectivity index (χ3n) is 2.88. The number of benzene rings is 2. The van der Waals surface area contributed by atoms with Crippen molar-refractivity contribution in [2.24, 2.45) is 0 Å². The third kappa shape index (κ3) is 1.96. The van der Waals surface area contributed by atoms with Crippen LogP contribution in [0.25, 0.3) is 16.7 Å². The van der Waals surface area contributed by atoms with Crippen LogP contribution in [0, 0.1) is 0 Å². The average molecular weight is 273 g/mol. The first kappa shape index (κ1) is 11.7. The van der Waals surface area contributed by atoms with E-state index in [1.807, 2.05) is 12.1 Å². The number of aromatic carboxylic acids is 1. The van der Waals surface area contributed by atoms with Crippen LogP contribution in [0.5, 0.6) is 0 Å². The molecular formula is C14H9ClN2O2. The number of imidazole rings is 1. The van der Waals surface area contributed by atoms with E-state index in [2.05, 4.69) is 4.98 Å². The number of carboxylic acids is 1. The van der Waals surface area contributed by atoms with E-state index < -0.39 is 5.97 Å². The highest BCUT2D eigenvalue weighted by molar-refractivity contribution is 6.30. The molecule has 0 unspecified atom stereocenters. The first-order chi connectivity index (χ1) is 9.16. The number of hydrogen-bond acceptors (Lipinski definition) is 2. The van der Waals surface area contributed by atoms with E-state index in [1.165, 1.54) is 0 Å². The molecule has 0 bridgehead atoms. The summed E-state index contributed by atoms with van der Waals surface area (Å²) in [5.74, 6) is -0.977. The van der Waals surface area contributed by atoms with Crippen molar-refractivity contribution in [3.05, 3.63) is 59.4 Å². The first-order valence-electron chi connectivity index (χ1n) is 5.62. The van der Waals surface area contributed by atoms with Crippen LogP contribution in [0.3, 0.4) is 0 Å². The standard InChI is InChI=1S/C14H9ClN2O2/c15-9-3-1-4-10(7-9)17-8-16-12-6-2-5-11(13(12)17)14(18)19/h1-8H,(H,18,19). The SMILES string of the molecule is O=C(O)c1cccc2ncn(-c3cccc(Cl)c3)c12. The minimum atomic E-state index is -0.977. The van der Waals surface area contributed by atoms with Gasteiger partial charge in [0.1, 0.15) is 6.33 Å². The Morgan fingerprint density at radius 2 is 2.00 bits per heavy atom. The molecule has 2 aromatic carbocycles.